The van der Waals surface area contributed by atoms with Gasteiger partial charge in [0.15, 0.2) is 5.97 Å². The van der Waals surface area contributed by atoms with Crippen molar-refractivity contribution in [1.82, 2.24) is 5.32 Å². The summed E-state index contributed by atoms with van der Waals surface area (Å²) in [5.74, 6) is 0.973. The van der Waals surface area contributed by atoms with Crippen LogP contribution in [0.25, 0.3) is 0 Å². The average molecular weight is 360 g/mol. The molecule has 0 aromatic carbocycles. The molecule has 0 bridgehead atoms. The Morgan fingerprint density at radius 1 is 1.00 bits per heavy atom. The number of rotatable bonds is 13. The summed E-state index contributed by atoms with van der Waals surface area (Å²) in [5.41, 5.74) is 0. The molecule has 0 aliphatic carbocycles. The summed E-state index contributed by atoms with van der Waals surface area (Å²) in [6, 6.07) is 0. The summed E-state index contributed by atoms with van der Waals surface area (Å²) in [5, 5.41) is 3.43. The molecule has 0 spiro atoms. The SMILES string of the molecule is CCCCC(CC)CP(=O)(CC(CC)CCCC)C1NCC(C)O1. The smallest absolute Gasteiger partial charge is 0.162 e. The van der Waals surface area contributed by atoms with Gasteiger partial charge in [0.25, 0.3) is 0 Å². The van der Waals surface area contributed by atoms with Crippen LogP contribution in [0, 0.1) is 11.8 Å². The van der Waals surface area contributed by atoms with E-state index < -0.39 is 7.14 Å². The quantitative estimate of drug-likeness (QED) is 0.405. The van der Waals surface area contributed by atoms with Crippen molar-refractivity contribution < 1.29 is 9.30 Å². The van der Waals surface area contributed by atoms with Crippen molar-refractivity contribution in [3.8, 4) is 0 Å². The molecule has 4 atom stereocenters. The minimum absolute atomic E-state index is 0.190. The summed E-state index contributed by atoms with van der Waals surface area (Å²) < 4.78 is 20.1. The van der Waals surface area contributed by atoms with Gasteiger partial charge in [-0.05, 0) is 18.8 Å². The van der Waals surface area contributed by atoms with E-state index in [-0.39, 0.29) is 12.1 Å². The van der Waals surface area contributed by atoms with Gasteiger partial charge in [0.2, 0.25) is 0 Å². The van der Waals surface area contributed by atoms with Gasteiger partial charge in [-0.2, -0.15) is 0 Å². The molecule has 1 heterocycles. The fourth-order valence-electron chi connectivity index (χ4n) is 3.84. The molecule has 1 aliphatic heterocycles. The van der Waals surface area contributed by atoms with Crippen LogP contribution >= 0.6 is 7.14 Å². The first-order chi connectivity index (χ1) is 11.5. The van der Waals surface area contributed by atoms with Crippen LogP contribution in [0.3, 0.4) is 0 Å². The van der Waals surface area contributed by atoms with Crippen LogP contribution in [0.4, 0.5) is 0 Å². The van der Waals surface area contributed by atoms with E-state index in [1.165, 1.54) is 38.5 Å². The monoisotopic (exact) mass is 359 g/mol. The van der Waals surface area contributed by atoms with Crippen molar-refractivity contribution in [3.05, 3.63) is 0 Å². The highest BCUT2D eigenvalue weighted by atomic mass is 31.2. The zero-order chi connectivity index (χ0) is 18.0. The summed E-state index contributed by atoms with van der Waals surface area (Å²) in [6.07, 6.45) is 11.6. The molecule has 0 aromatic rings. The van der Waals surface area contributed by atoms with Crippen LogP contribution in [0.5, 0.6) is 0 Å². The molecular formula is C20H42NO2P. The Labute approximate surface area is 151 Å². The molecular weight excluding hydrogens is 317 g/mol. The highest BCUT2D eigenvalue weighted by Gasteiger charge is 2.40. The number of nitrogens with one attached hydrogen (secondary N) is 1. The Morgan fingerprint density at radius 3 is 1.83 bits per heavy atom. The Morgan fingerprint density at radius 2 is 1.50 bits per heavy atom. The molecule has 1 aliphatic rings. The number of hydrogen-bond donors (Lipinski definition) is 1. The Kier molecular flexibility index (Phi) is 10.8. The lowest BCUT2D eigenvalue weighted by Gasteiger charge is -2.31. The second-order valence-electron chi connectivity index (χ2n) is 7.86. The maximum absolute atomic E-state index is 14.0. The van der Waals surface area contributed by atoms with E-state index >= 15 is 0 Å². The first kappa shape index (κ1) is 22.2. The van der Waals surface area contributed by atoms with Crippen molar-refractivity contribution in [3.63, 3.8) is 0 Å². The number of unbranched alkanes of at least 4 members (excludes halogenated alkanes) is 2. The van der Waals surface area contributed by atoms with E-state index in [2.05, 4.69) is 39.9 Å². The van der Waals surface area contributed by atoms with Crippen molar-refractivity contribution in [2.75, 3.05) is 18.9 Å². The largest absolute Gasteiger partial charge is 0.352 e. The predicted octanol–water partition coefficient (Wildman–Crippen LogP) is 6.07. The van der Waals surface area contributed by atoms with Gasteiger partial charge in [0, 0.05) is 18.9 Å². The summed E-state index contributed by atoms with van der Waals surface area (Å²) in [7, 11) is -2.36. The maximum atomic E-state index is 14.0. The van der Waals surface area contributed by atoms with Crippen LogP contribution in [0.15, 0.2) is 0 Å². The molecule has 3 nitrogen and oxygen atoms in total. The molecule has 1 fully saturated rings. The molecule has 1 rings (SSSR count). The molecule has 1 saturated heterocycles. The van der Waals surface area contributed by atoms with Gasteiger partial charge in [0.05, 0.1) is 6.10 Å². The third-order valence-corrected chi connectivity index (χ3v) is 9.02. The molecule has 4 unspecified atom stereocenters. The normalized spacial score (nSPS) is 26.2. The van der Waals surface area contributed by atoms with E-state index in [0.29, 0.717) is 11.8 Å². The van der Waals surface area contributed by atoms with Crippen molar-refractivity contribution in [2.24, 2.45) is 11.8 Å². The summed E-state index contributed by atoms with van der Waals surface area (Å²) in [4.78, 5) is 0. The van der Waals surface area contributed by atoms with E-state index in [1.54, 1.807) is 0 Å². The zero-order valence-electron chi connectivity index (χ0n) is 16.9. The molecule has 0 aromatic heterocycles. The summed E-state index contributed by atoms with van der Waals surface area (Å²) >= 11 is 0. The van der Waals surface area contributed by atoms with Gasteiger partial charge in [-0.15, -0.1) is 0 Å². The molecule has 1 N–H and O–H groups in total. The van der Waals surface area contributed by atoms with Crippen LogP contribution in [-0.4, -0.2) is 30.9 Å². The van der Waals surface area contributed by atoms with E-state index in [1.807, 2.05) is 0 Å². The van der Waals surface area contributed by atoms with Gasteiger partial charge in [-0.1, -0.05) is 79.1 Å². The van der Waals surface area contributed by atoms with Gasteiger partial charge in [0.1, 0.15) is 7.14 Å². The van der Waals surface area contributed by atoms with Gasteiger partial charge in [-0.3, -0.25) is 5.32 Å². The fraction of sp³-hybridized carbons (Fsp3) is 1.00. The van der Waals surface area contributed by atoms with Crippen LogP contribution < -0.4 is 5.32 Å². The molecule has 0 saturated carbocycles. The third-order valence-electron chi connectivity index (χ3n) is 5.59. The van der Waals surface area contributed by atoms with Gasteiger partial charge in [-0.25, -0.2) is 0 Å². The lowest BCUT2D eigenvalue weighted by atomic mass is 10.0. The fourth-order valence-corrected chi connectivity index (χ4v) is 7.86. The number of ether oxygens (including phenoxy) is 1. The highest BCUT2D eigenvalue weighted by Crippen LogP contribution is 2.56. The zero-order valence-corrected chi connectivity index (χ0v) is 17.7. The standard InChI is InChI=1S/C20H42NO2P/c1-6-10-12-18(8-3)15-24(22,20-21-14-17(5)23-20)16-19(9-4)13-11-7-2/h17-21H,6-16H2,1-5H3. The average Bonchev–Trinajstić information content (AvgIpc) is 3.02. The summed E-state index contributed by atoms with van der Waals surface area (Å²) in [6.45, 7) is 11.9. The van der Waals surface area contributed by atoms with Gasteiger partial charge < -0.3 is 9.30 Å². The molecule has 0 amide bonds. The molecule has 4 heteroatoms. The van der Waals surface area contributed by atoms with E-state index in [4.69, 9.17) is 4.74 Å². The first-order valence-corrected chi connectivity index (χ1v) is 12.6. The molecule has 0 radical (unpaired) electrons. The Bertz CT molecular complexity index is 353. The maximum Gasteiger partial charge on any atom is 0.162 e. The Hall–Kier alpha value is 0.150. The second kappa shape index (κ2) is 11.7. The molecule has 144 valence electrons. The first-order valence-electron chi connectivity index (χ1n) is 10.5. The topological polar surface area (TPSA) is 38.3 Å². The molecule has 24 heavy (non-hydrogen) atoms. The number of hydrogen-bond acceptors (Lipinski definition) is 3. The van der Waals surface area contributed by atoms with E-state index in [9.17, 15) is 4.57 Å². The lowest BCUT2D eigenvalue weighted by Crippen LogP contribution is -2.29. The predicted molar refractivity (Wildman–Crippen MR) is 106 cm³/mol. The lowest BCUT2D eigenvalue weighted by molar-refractivity contribution is 0.0966. The minimum atomic E-state index is -2.36. The minimum Gasteiger partial charge on any atom is -0.352 e. The highest BCUT2D eigenvalue weighted by molar-refractivity contribution is 7.64. The van der Waals surface area contributed by atoms with Crippen LogP contribution in [0.1, 0.15) is 86.0 Å². The van der Waals surface area contributed by atoms with Crippen molar-refractivity contribution in [1.29, 1.82) is 0 Å². The van der Waals surface area contributed by atoms with Gasteiger partial charge >= 0.3 is 0 Å². The van der Waals surface area contributed by atoms with Crippen molar-refractivity contribution >= 4 is 7.14 Å². The Balaban J connectivity index is 2.83. The third kappa shape index (κ3) is 7.18. The second-order valence-corrected chi connectivity index (χ2v) is 11.0. The van der Waals surface area contributed by atoms with E-state index in [0.717, 1.165) is 31.7 Å². The van der Waals surface area contributed by atoms with Crippen LogP contribution in [-0.2, 0) is 9.30 Å². The van der Waals surface area contributed by atoms with Crippen molar-refractivity contribution in [2.45, 2.75) is 98.1 Å². The van der Waals surface area contributed by atoms with Crippen LogP contribution in [0.2, 0.25) is 0 Å².